The number of aliphatic hydroxyl groups excluding tert-OH is 1. The predicted octanol–water partition coefficient (Wildman–Crippen LogP) is 3.01. The largest absolute Gasteiger partial charge is 0.388 e. The Morgan fingerprint density at radius 1 is 1.00 bits per heavy atom. The van der Waals surface area contributed by atoms with Crippen molar-refractivity contribution in [2.24, 2.45) is 11.8 Å². The molecule has 0 spiro atoms. The third-order valence-electron chi connectivity index (χ3n) is 2.69. The molecule has 1 aromatic rings. The van der Waals surface area contributed by atoms with Gasteiger partial charge in [-0.2, -0.15) is 0 Å². The summed E-state index contributed by atoms with van der Waals surface area (Å²) in [6.45, 7) is 6.36. The molecule has 1 nitrogen and oxygen atoms in total. The fourth-order valence-electron chi connectivity index (χ4n) is 1.32. The Balaban J connectivity index is 2.73. The first-order valence-corrected chi connectivity index (χ1v) is 4.86. The standard InChI is InChI=1S/C12H18O/c1-9(2)10(3)12(13)11-7-5-4-6-8-11/h4-10,12-13H,1-3H3/t10-,12+/m0/s1. The maximum Gasteiger partial charge on any atom is 0.0818 e. The van der Waals surface area contributed by atoms with Crippen LogP contribution in [-0.2, 0) is 0 Å². The second kappa shape index (κ2) is 4.43. The van der Waals surface area contributed by atoms with Crippen LogP contribution >= 0.6 is 0 Å². The van der Waals surface area contributed by atoms with E-state index in [0.29, 0.717) is 11.8 Å². The fraction of sp³-hybridized carbons (Fsp3) is 0.500. The van der Waals surface area contributed by atoms with Gasteiger partial charge in [0.25, 0.3) is 0 Å². The van der Waals surface area contributed by atoms with Crippen molar-refractivity contribution >= 4 is 0 Å². The highest BCUT2D eigenvalue weighted by atomic mass is 16.3. The van der Waals surface area contributed by atoms with E-state index >= 15 is 0 Å². The first-order chi connectivity index (χ1) is 6.13. The van der Waals surface area contributed by atoms with Crippen molar-refractivity contribution in [1.29, 1.82) is 0 Å². The van der Waals surface area contributed by atoms with Gasteiger partial charge in [-0.15, -0.1) is 0 Å². The summed E-state index contributed by atoms with van der Waals surface area (Å²) in [5.74, 6) is 0.817. The van der Waals surface area contributed by atoms with Gasteiger partial charge in [-0.25, -0.2) is 0 Å². The molecule has 0 saturated heterocycles. The summed E-state index contributed by atoms with van der Waals surface area (Å²) in [7, 11) is 0. The SMILES string of the molecule is CC(C)[C@H](C)[C@@H](O)c1ccccc1. The lowest BCUT2D eigenvalue weighted by atomic mass is 9.88. The third kappa shape index (κ3) is 2.56. The Hall–Kier alpha value is -0.820. The van der Waals surface area contributed by atoms with Crippen molar-refractivity contribution < 1.29 is 5.11 Å². The van der Waals surface area contributed by atoms with Crippen molar-refractivity contribution in [1.82, 2.24) is 0 Å². The van der Waals surface area contributed by atoms with Crippen molar-refractivity contribution in [3.63, 3.8) is 0 Å². The van der Waals surface area contributed by atoms with Gasteiger partial charge in [0.2, 0.25) is 0 Å². The molecule has 1 N–H and O–H groups in total. The second-order valence-corrected chi connectivity index (χ2v) is 3.96. The van der Waals surface area contributed by atoms with E-state index in [1.165, 1.54) is 0 Å². The molecule has 0 aliphatic carbocycles. The van der Waals surface area contributed by atoms with Crippen LogP contribution in [0.25, 0.3) is 0 Å². The molecule has 0 heterocycles. The summed E-state index contributed by atoms with van der Waals surface area (Å²) in [6.07, 6.45) is -0.332. The van der Waals surface area contributed by atoms with Gasteiger partial charge in [0, 0.05) is 0 Å². The van der Waals surface area contributed by atoms with Crippen LogP contribution in [-0.4, -0.2) is 5.11 Å². The molecule has 13 heavy (non-hydrogen) atoms. The zero-order valence-electron chi connectivity index (χ0n) is 8.57. The molecule has 0 saturated carbocycles. The van der Waals surface area contributed by atoms with Crippen molar-refractivity contribution in [3.05, 3.63) is 35.9 Å². The molecule has 0 aliphatic heterocycles. The number of rotatable bonds is 3. The maximum absolute atomic E-state index is 9.96. The number of hydrogen-bond acceptors (Lipinski definition) is 1. The highest BCUT2D eigenvalue weighted by Gasteiger charge is 2.18. The van der Waals surface area contributed by atoms with E-state index in [1.807, 2.05) is 30.3 Å². The first kappa shape index (κ1) is 10.3. The molecular weight excluding hydrogens is 160 g/mol. The lowest BCUT2D eigenvalue weighted by Crippen LogP contribution is -2.14. The van der Waals surface area contributed by atoms with Crippen molar-refractivity contribution in [3.8, 4) is 0 Å². The van der Waals surface area contributed by atoms with Gasteiger partial charge in [0.15, 0.2) is 0 Å². The van der Waals surface area contributed by atoms with Crippen LogP contribution in [0.1, 0.15) is 32.4 Å². The van der Waals surface area contributed by atoms with Crippen molar-refractivity contribution in [2.45, 2.75) is 26.9 Å². The Morgan fingerprint density at radius 3 is 2.00 bits per heavy atom. The highest BCUT2D eigenvalue weighted by molar-refractivity contribution is 5.17. The van der Waals surface area contributed by atoms with E-state index in [1.54, 1.807) is 0 Å². The highest BCUT2D eigenvalue weighted by Crippen LogP contribution is 2.26. The minimum atomic E-state index is -0.332. The summed E-state index contributed by atoms with van der Waals surface area (Å²) in [4.78, 5) is 0. The molecule has 0 aliphatic rings. The van der Waals surface area contributed by atoms with E-state index in [0.717, 1.165) is 5.56 Å². The molecular formula is C12H18O. The monoisotopic (exact) mass is 178 g/mol. The first-order valence-electron chi connectivity index (χ1n) is 4.86. The predicted molar refractivity (Wildman–Crippen MR) is 55.4 cm³/mol. The Morgan fingerprint density at radius 2 is 1.54 bits per heavy atom. The summed E-state index contributed by atoms with van der Waals surface area (Å²) < 4.78 is 0. The molecule has 2 atom stereocenters. The van der Waals surface area contributed by atoms with E-state index in [4.69, 9.17) is 0 Å². The number of aliphatic hydroxyl groups is 1. The van der Waals surface area contributed by atoms with Crippen LogP contribution in [0.5, 0.6) is 0 Å². The minimum absolute atomic E-state index is 0.308. The van der Waals surface area contributed by atoms with Crippen LogP contribution in [0.4, 0.5) is 0 Å². The lowest BCUT2D eigenvalue weighted by molar-refractivity contribution is 0.0921. The maximum atomic E-state index is 9.96. The lowest BCUT2D eigenvalue weighted by Gasteiger charge is -2.22. The van der Waals surface area contributed by atoms with E-state index in [2.05, 4.69) is 20.8 Å². The summed E-state index contributed by atoms with van der Waals surface area (Å²) in [5, 5.41) is 9.96. The average Bonchev–Trinajstić information content (AvgIpc) is 2.17. The minimum Gasteiger partial charge on any atom is -0.388 e. The van der Waals surface area contributed by atoms with Gasteiger partial charge < -0.3 is 5.11 Å². The van der Waals surface area contributed by atoms with Gasteiger partial charge in [0.05, 0.1) is 6.10 Å². The average molecular weight is 178 g/mol. The molecule has 1 rings (SSSR count). The third-order valence-corrected chi connectivity index (χ3v) is 2.69. The topological polar surface area (TPSA) is 20.2 Å². The molecule has 0 aromatic heterocycles. The zero-order chi connectivity index (χ0) is 9.84. The Labute approximate surface area is 80.4 Å². The van der Waals surface area contributed by atoms with Crippen LogP contribution in [0.3, 0.4) is 0 Å². The van der Waals surface area contributed by atoms with E-state index in [9.17, 15) is 5.11 Å². The molecule has 0 radical (unpaired) electrons. The fourth-order valence-corrected chi connectivity index (χ4v) is 1.32. The quantitative estimate of drug-likeness (QED) is 0.754. The van der Waals surface area contributed by atoms with Gasteiger partial charge in [0.1, 0.15) is 0 Å². The smallest absolute Gasteiger partial charge is 0.0818 e. The van der Waals surface area contributed by atoms with Crippen LogP contribution < -0.4 is 0 Å². The second-order valence-electron chi connectivity index (χ2n) is 3.96. The molecule has 1 heteroatoms. The van der Waals surface area contributed by atoms with Crippen LogP contribution in [0.2, 0.25) is 0 Å². The van der Waals surface area contributed by atoms with Gasteiger partial charge in [-0.05, 0) is 17.4 Å². The summed E-state index contributed by atoms with van der Waals surface area (Å²) >= 11 is 0. The number of benzene rings is 1. The van der Waals surface area contributed by atoms with Gasteiger partial charge in [-0.3, -0.25) is 0 Å². The van der Waals surface area contributed by atoms with E-state index in [-0.39, 0.29) is 6.10 Å². The van der Waals surface area contributed by atoms with Gasteiger partial charge in [-0.1, -0.05) is 51.1 Å². The Bertz CT molecular complexity index is 241. The normalized spacial score (nSPS) is 15.8. The summed E-state index contributed by atoms with van der Waals surface area (Å²) in [5.41, 5.74) is 1.02. The molecule has 0 fully saturated rings. The molecule has 1 aromatic carbocycles. The number of hydrogen-bond donors (Lipinski definition) is 1. The molecule has 0 unspecified atom stereocenters. The van der Waals surface area contributed by atoms with Gasteiger partial charge >= 0.3 is 0 Å². The molecule has 0 amide bonds. The zero-order valence-corrected chi connectivity index (χ0v) is 8.57. The molecule has 0 bridgehead atoms. The van der Waals surface area contributed by atoms with E-state index < -0.39 is 0 Å². The van der Waals surface area contributed by atoms with Crippen LogP contribution in [0, 0.1) is 11.8 Å². The molecule has 72 valence electrons. The summed E-state index contributed by atoms with van der Waals surface area (Å²) in [6, 6.07) is 9.85. The van der Waals surface area contributed by atoms with Crippen molar-refractivity contribution in [2.75, 3.05) is 0 Å². The Kier molecular flexibility index (Phi) is 3.49. The van der Waals surface area contributed by atoms with Crippen LogP contribution in [0.15, 0.2) is 30.3 Å².